The van der Waals surface area contributed by atoms with E-state index in [1.165, 1.54) is 18.4 Å². The second-order valence-electron chi connectivity index (χ2n) is 5.47. The Kier molecular flexibility index (Phi) is 3.14. The predicted octanol–water partition coefficient (Wildman–Crippen LogP) is 2.14. The van der Waals surface area contributed by atoms with E-state index in [9.17, 15) is 4.79 Å². The number of hydrogen-bond acceptors (Lipinski definition) is 7. The monoisotopic (exact) mass is 342 g/mol. The molecular formula is C15H14N6O2S. The van der Waals surface area contributed by atoms with Crippen LogP contribution in [0.4, 0.5) is 0 Å². The molecule has 0 aliphatic rings. The number of nitrogens with zero attached hydrogens (tertiary/aromatic N) is 6. The highest BCUT2D eigenvalue weighted by Crippen LogP contribution is 2.32. The summed E-state index contributed by atoms with van der Waals surface area (Å²) in [5.74, 6) is 0.159. The summed E-state index contributed by atoms with van der Waals surface area (Å²) in [6.45, 7) is 3.84. The smallest absolute Gasteiger partial charge is 0.348 e. The van der Waals surface area contributed by atoms with Gasteiger partial charge in [-0.15, -0.1) is 16.4 Å². The van der Waals surface area contributed by atoms with E-state index in [-0.39, 0.29) is 5.97 Å². The van der Waals surface area contributed by atoms with Crippen molar-refractivity contribution < 1.29 is 9.53 Å². The van der Waals surface area contributed by atoms with Gasteiger partial charge < -0.3 is 4.74 Å². The molecule has 0 aromatic carbocycles. The van der Waals surface area contributed by atoms with Gasteiger partial charge >= 0.3 is 5.97 Å². The number of fused-ring (bicyclic) bond motifs is 3. The summed E-state index contributed by atoms with van der Waals surface area (Å²) in [5.41, 5.74) is 3.18. The van der Waals surface area contributed by atoms with Gasteiger partial charge in [-0.3, -0.25) is 4.68 Å². The van der Waals surface area contributed by atoms with Crippen molar-refractivity contribution in [1.29, 1.82) is 0 Å². The fourth-order valence-corrected chi connectivity index (χ4v) is 3.66. The lowest BCUT2D eigenvalue weighted by atomic mass is 10.2. The van der Waals surface area contributed by atoms with E-state index in [1.54, 1.807) is 15.5 Å². The third-order valence-electron chi connectivity index (χ3n) is 3.98. The van der Waals surface area contributed by atoms with Gasteiger partial charge in [-0.05, 0) is 25.5 Å². The average Bonchev–Trinajstić information content (AvgIpc) is 3.23. The topological polar surface area (TPSA) is 87.2 Å². The second kappa shape index (κ2) is 5.10. The largest absolute Gasteiger partial charge is 0.465 e. The maximum atomic E-state index is 11.9. The third kappa shape index (κ3) is 2.01. The van der Waals surface area contributed by atoms with Gasteiger partial charge in [0.15, 0.2) is 5.65 Å². The van der Waals surface area contributed by atoms with Gasteiger partial charge in [0.25, 0.3) is 0 Å². The van der Waals surface area contributed by atoms with E-state index >= 15 is 0 Å². The van der Waals surface area contributed by atoms with Gasteiger partial charge in [0.2, 0.25) is 5.82 Å². The van der Waals surface area contributed by atoms with Crippen LogP contribution in [0, 0.1) is 13.8 Å². The van der Waals surface area contributed by atoms with E-state index in [0.717, 1.165) is 21.5 Å². The van der Waals surface area contributed by atoms with Gasteiger partial charge in [0, 0.05) is 12.7 Å². The molecular weight excluding hydrogens is 328 g/mol. The van der Waals surface area contributed by atoms with Crippen LogP contribution >= 0.6 is 11.3 Å². The molecule has 9 heteroatoms. The number of esters is 1. The SMILES string of the molecule is COC(=O)c1sc2ncn3nc(-c4cc(C)n(C)n4)nc3c2c1C. The molecule has 4 aromatic rings. The third-order valence-corrected chi connectivity index (χ3v) is 5.16. The van der Waals surface area contributed by atoms with Crippen LogP contribution in [0.3, 0.4) is 0 Å². The van der Waals surface area contributed by atoms with E-state index in [4.69, 9.17) is 4.74 Å². The molecule has 0 atom stereocenters. The number of thiophene rings is 1. The van der Waals surface area contributed by atoms with Gasteiger partial charge in [0.05, 0.1) is 12.5 Å². The van der Waals surface area contributed by atoms with Gasteiger partial charge in [-0.2, -0.15) is 5.10 Å². The molecule has 0 saturated carbocycles. The number of rotatable bonds is 2. The number of carbonyl (C=O) groups is 1. The summed E-state index contributed by atoms with van der Waals surface area (Å²) < 4.78 is 8.23. The Bertz CT molecular complexity index is 1090. The number of hydrogen-bond donors (Lipinski definition) is 0. The lowest BCUT2D eigenvalue weighted by molar-refractivity contribution is 0.0605. The Morgan fingerprint density at radius 2 is 2.08 bits per heavy atom. The molecule has 0 amide bonds. The van der Waals surface area contributed by atoms with Crippen molar-refractivity contribution in [3.8, 4) is 11.5 Å². The van der Waals surface area contributed by atoms with E-state index in [0.29, 0.717) is 22.0 Å². The molecule has 0 aliphatic heterocycles. The minimum atomic E-state index is -0.367. The normalized spacial score (nSPS) is 11.5. The predicted molar refractivity (Wildman–Crippen MR) is 89.2 cm³/mol. The van der Waals surface area contributed by atoms with Crippen molar-refractivity contribution in [3.05, 3.63) is 28.5 Å². The number of aromatic nitrogens is 6. The molecule has 0 radical (unpaired) electrons. The van der Waals surface area contributed by atoms with Crippen LogP contribution in [0.15, 0.2) is 12.4 Å². The zero-order valence-corrected chi connectivity index (χ0v) is 14.4. The number of methoxy groups -OCH3 is 1. The molecule has 4 heterocycles. The highest BCUT2D eigenvalue weighted by Gasteiger charge is 2.21. The Labute approximate surface area is 140 Å². The van der Waals surface area contributed by atoms with Crippen molar-refractivity contribution in [2.24, 2.45) is 7.05 Å². The molecule has 0 unspecified atom stereocenters. The lowest BCUT2D eigenvalue weighted by Gasteiger charge is -1.96. The van der Waals surface area contributed by atoms with Crippen LogP contribution in [0.1, 0.15) is 20.9 Å². The second-order valence-corrected chi connectivity index (χ2v) is 6.47. The van der Waals surface area contributed by atoms with Crippen LogP contribution < -0.4 is 0 Å². The van der Waals surface area contributed by atoms with Crippen molar-refractivity contribution >= 4 is 33.2 Å². The van der Waals surface area contributed by atoms with Crippen LogP contribution in [-0.4, -0.2) is 42.4 Å². The van der Waals surface area contributed by atoms with E-state index < -0.39 is 0 Å². The minimum absolute atomic E-state index is 0.367. The molecule has 122 valence electrons. The number of ether oxygens (including phenoxy) is 1. The summed E-state index contributed by atoms with van der Waals surface area (Å²) in [6.07, 6.45) is 1.60. The Morgan fingerprint density at radius 3 is 2.75 bits per heavy atom. The zero-order chi connectivity index (χ0) is 17.0. The Hall–Kier alpha value is -2.81. The average molecular weight is 342 g/mol. The van der Waals surface area contributed by atoms with Crippen LogP contribution in [0.2, 0.25) is 0 Å². The summed E-state index contributed by atoms with van der Waals surface area (Å²) in [4.78, 5) is 22.2. The van der Waals surface area contributed by atoms with Crippen LogP contribution in [-0.2, 0) is 11.8 Å². The first-order valence-electron chi connectivity index (χ1n) is 7.23. The maximum Gasteiger partial charge on any atom is 0.348 e. The molecule has 8 nitrogen and oxygen atoms in total. The fraction of sp³-hybridized carbons (Fsp3) is 0.267. The highest BCUT2D eigenvalue weighted by molar-refractivity contribution is 7.20. The quantitative estimate of drug-likeness (QED) is 0.519. The molecule has 0 N–H and O–H groups in total. The van der Waals surface area contributed by atoms with E-state index in [2.05, 4.69) is 20.2 Å². The standard InChI is InChI=1S/C15H14N6O2S/c1-7-5-9(18-20(7)3)12-17-13-10-8(2)11(15(22)23-4)24-14(10)16-6-21(13)19-12/h5-6H,1-4H3. The van der Waals surface area contributed by atoms with E-state index in [1.807, 2.05) is 27.0 Å². The summed E-state index contributed by atoms with van der Waals surface area (Å²) in [6, 6.07) is 1.93. The highest BCUT2D eigenvalue weighted by atomic mass is 32.1. The first-order chi connectivity index (χ1) is 11.5. The molecule has 4 rings (SSSR count). The van der Waals surface area contributed by atoms with Gasteiger partial charge in [0.1, 0.15) is 21.7 Å². The van der Waals surface area contributed by atoms with Crippen LogP contribution in [0.25, 0.3) is 27.4 Å². The molecule has 24 heavy (non-hydrogen) atoms. The van der Waals surface area contributed by atoms with Crippen molar-refractivity contribution in [3.63, 3.8) is 0 Å². The van der Waals surface area contributed by atoms with Crippen molar-refractivity contribution in [2.45, 2.75) is 13.8 Å². The summed E-state index contributed by atoms with van der Waals surface area (Å²) in [5, 5.41) is 9.68. The first kappa shape index (κ1) is 14.8. The molecule has 0 spiro atoms. The Morgan fingerprint density at radius 1 is 1.29 bits per heavy atom. The Balaban J connectivity index is 1.98. The first-order valence-corrected chi connectivity index (χ1v) is 8.05. The maximum absolute atomic E-state index is 11.9. The van der Waals surface area contributed by atoms with Crippen molar-refractivity contribution in [1.82, 2.24) is 29.4 Å². The lowest BCUT2D eigenvalue weighted by Crippen LogP contribution is -1.99. The van der Waals surface area contributed by atoms with Gasteiger partial charge in [-0.25, -0.2) is 19.3 Å². The van der Waals surface area contributed by atoms with Gasteiger partial charge in [-0.1, -0.05) is 0 Å². The molecule has 0 bridgehead atoms. The fourth-order valence-electron chi connectivity index (χ4n) is 2.60. The van der Waals surface area contributed by atoms with Crippen LogP contribution in [0.5, 0.6) is 0 Å². The number of carbonyl (C=O) groups excluding carboxylic acids is 1. The number of aryl methyl sites for hydroxylation is 3. The summed E-state index contributed by atoms with van der Waals surface area (Å²) in [7, 11) is 3.24. The molecule has 0 saturated heterocycles. The molecule has 4 aromatic heterocycles. The van der Waals surface area contributed by atoms with Crippen molar-refractivity contribution in [2.75, 3.05) is 7.11 Å². The molecule has 0 fully saturated rings. The zero-order valence-electron chi connectivity index (χ0n) is 13.6. The molecule has 0 aliphatic carbocycles. The summed E-state index contributed by atoms with van der Waals surface area (Å²) >= 11 is 1.30. The minimum Gasteiger partial charge on any atom is -0.465 e.